The fraction of sp³-hybridized carbons (Fsp3) is 0.571. The Hall–Kier alpha value is -1.89. The molecule has 0 bridgehead atoms. The van der Waals surface area contributed by atoms with E-state index in [0.717, 1.165) is 50.6 Å². The zero-order valence-corrected chi connectivity index (χ0v) is 16.7. The number of rotatable bonds is 8. The van der Waals surface area contributed by atoms with Crippen molar-refractivity contribution in [1.29, 1.82) is 0 Å². The summed E-state index contributed by atoms with van der Waals surface area (Å²) in [6.07, 6.45) is 4.86. The Labute approximate surface area is 162 Å². The molecule has 0 saturated carbocycles. The maximum atomic E-state index is 9.45. The molecule has 2 heterocycles. The van der Waals surface area contributed by atoms with Crippen LogP contribution in [-0.2, 0) is 6.54 Å². The van der Waals surface area contributed by atoms with Crippen molar-refractivity contribution < 1.29 is 9.84 Å². The van der Waals surface area contributed by atoms with E-state index in [9.17, 15) is 5.11 Å². The van der Waals surface area contributed by atoms with Crippen molar-refractivity contribution in [3.8, 4) is 11.4 Å². The molecule has 1 aliphatic rings. The highest BCUT2D eigenvalue weighted by Gasteiger charge is 2.27. The Bertz CT molecular complexity index is 716. The number of benzene rings is 1. The first kappa shape index (κ1) is 19.9. The summed E-state index contributed by atoms with van der Waals surface area (Å²) in [6, 6.07) is 8.34. The molecule has 3 rings (SSSR count). The SMILES string of the molecule is COc1ccccc1-n1cc(CN2CCN(CC(C)C)[C@@H](CCO)C2)cn1. The van der Waals surface area contributed by atoms with Crippen LogP contribution in [-0.4, -0.2) is 70.6 Å². The van der Waals surface area contributed by atoms with Gasteiger partial charge in [0, 0.05) is 57.1 Å². The lowest BCUT2D eigenvalue weighted by molar-refractivity contribution is 0.0477. The molecule has 1 aromatic heterocycles. The summed E-state index contributed by atoms with van der Waals surface area (Å²) < 4.78 is 7.33. The minimum atomic E-state index is 0.249. The van der Waals surface area contributed by atoms with E-state index in [4.69, 9.17) is 4.74 Å². The molecule has 1 aromatic carbocycles. The Balaban J connectivity index is 1.65. The number of methoxy groups -OCH3 is 1. The molecule has 6 heteroatoms. The Morgan fingerprint density at radius 2 is 2.07 bits per heavy atom. The van der Waals surface area contributed by atoms with Gasteiger partial charge < -0.3 is 9.84 Å². The summed E-state index contributed by atoms with van der Waals surface area (Å²) in [6.45, 7) is 9.85. The Morgan fingerprint density at radius 3 is 2.81 bits per heavy atom. The standard InChI is InChI=1S/C21H32N4O2/c1-17(2)13-24-10-9-23(16-19(24)8-11-26)14-18-12-22-25(15-18)20-6-4-5-7-21(20)27-3/h4-7,12,15,17,19,26H,8-11,13-14,16H2,1-3H3/t19-/m0/s1. The van der Waals surface area contributed by atoms with Crippen LogP contribution in [0, 0.1) is 5.92 Å². The zero-order chi connectivity index (χ0) is 19.2. The first-order valence-corrected chi connectivity index (χ1v) is 9.85. The van der Waals surface area contributed by atoms with E-state index >= 15 is 0 Å². The molecule has 0 amide bonds. The maximum absolute atomic E-state index is 9.45. The van der Waals surface area contributed by atoms with Crippen LogP contribution in [0.3, 0.4) is 0 Å². The minimum absolute atomic E-state index is 0.249. The largest absolute Gasteiger partial charge is 0.494 e. The molecule has 6 nitrogen and oxygen atoms in total. The average Bonchev–Trinajstić information content (AvgIpc) is 3.12. The van der Waals surface area contributed by atoms with Gasteiger partial charge in [-0.25, -0.2) is 4.68 Å². The number of aromatic nitrogens is 2. The third kappa shape index (κ3) is 5.09. The molecule has 1 fully saturated rings. The lowest BCUT2D eigenvalue weighted by atomic mass is 10.1. The van der Waals surface area contributed by atoms with Gasteiger partial charge in [0.15, 0.2) is 0 Å². The summed E-state index contributed by atoms with van der Waals surface area (Å²) >= 11 is 0. The van der Waals surface area contributed by atoms with Crippen LogP contribution in [0.4, 0.5) is 0 Å². The molecule has 1 atom stereocenters. The van der Waals surface area contributed by atoms with Crippen LogP contribution in [0.2, 0.25) is 0 Å². The summed E-state index contributed by atoms with van der Waals surface area (Å²) in [4.78, 5) is 5.01. The Morgan fingerprint density at radius 1 is 1.26 bits per heavy atom. The third-order valence-corrected chi connectivity index (χ3v) is 5.13. The van der Waals surface area contributed by atoms with E-state index in [1.807, 2.05) is 35.1 Å². The normalized spacial score (nSPS) is 18.9. The second kappa shape index (κ2) is 9.35. The molecule has 1 saturated heterocycles. The van der Waals surface area contributed by atoms with Gasteiger partial charge in [-0.05, 0) is 24.5 Å². The Kier molecular flexibility index (Phi) is 6.88. The molecule has 0 aliphatic carbocycles. The monoisotopic (exact) mass is 372 g/mol. The highest BCUT2D eigenvalue weighted by atomic mass is 16.5. The van der Waals surface area contributed by atoms with Gasteiger partial charge in [0.2, 0.25) is 0 Å². The van der Waals surface area contributed by atoms with E-state index in [2.05, 4.69) is 34.9 Å². The van der Waals surface area contributed by atoms with Crippen LogP contribution in [0.5, 0.6) is 5.75 Å². The topological polar surface area (TPSA) is 53.8 Å². The van der Waals surface area contributed by atoms with Gasteiger partial charge in [-0.2, -0.15) is 5.10 Å². The average molecular weight is 373 g/mol. The molecule has 27 heavy (non-hydrogen) atoms. The first-order valence-electron chi connectivity index (χ1n) is 9.85. The lowest BCUT2D eigenvalue weighted by Gasteiger charge is -2.42. The van der Waals surface area contributed by atoms with Gasteiger partial charge in [0.05, 0.1) is 13.3 Å². The minimum Gasteiger partial charge on any atom is -0.494 e. The molecule has 1 aliphatic heterocycles. The van der Waals surface area contributed by atoms with Gasteiger partial charge in [-0.15, -0.1) is 0 Å². The van der Waals surface area contributed by atoms with Crippen LogP contribution in [0.25, 0.3) is 5.69 Å². The number of hydrogen-bond acceptors (Lipinski definition) is 5. The highest BCUT2D eigenvalue weighted by molar-refractivity contribution is 5.46. The van der Waals surface area contributed by atoms with E-state index in [1.165, 1.54) is 5.56 Å². The molecule has 0 spiro atoms. The molecular weight excluding hydrogens is 340 g/mol. The zero-order valence-electron chi connectivity index (χ0n) is 16.7. The van der Waals surface area contributed by atoms with E-state index < -0.39 is 0 Å². The molecule has 0 unspecified atom stereocenters. The van der Waals surface area contributed by atoms with Crippen molar-refractivity contribution in [3.63, 3.8) is 0 Å². The van der Waals surface area contributed by atoms with Crippen LogP contribution in [0.1, 0.15) is 25.8 Å². The summed E-state index contributed by atoms with van der Waals surface area (Å²) in [7, 11) is 1.68. The predicted molar refractivity (Wildman–Crippen MR) is 107 cm³/mol. The van der Waals surface area contributed by atoms with Crippen LogP contribution < -0.4 is 4.74 Å². The fourth-order valence-electron chi connectivity index (χ4n) is 3.88. The second-order valence-corrected chi connectivity index (χ2v) is 7.76. The van der Waals surface area contributed by atoms with Crippen molar-refractivity contribution >= 4 is 0 Å². The van der Waals surface area contributed by atoms with Crippen molar-refractivity contribution in [2.45, 2.75) is 32.9 Å². The van der Waals surface area contributed by atoms with E-state index in [-0.39, 0.29) is 6.61 Å². The molecule has 0 radical (unpaired) electrons. The van der Waals surface area contributed by atoms with Gasteiger partial charge in [0.25, 0.3) is 0 Å². The lowest BCUT2D eigenvalue weighted by Crippen LogP contribution is -2.53. The summed E-state index contributed by atoms with van der Waals surface area (Å²) in [5.74, 6) is 1.47. The maximum Gasteiger partial charge on any atom is 0.144 e. The molecular formula is C21H32N4O2. The number of para-hydroxylation sites is 2. The molecule has 2 aromatic rings. The number of aliphatic hydroxyl groups excluding tert-OH is 1. The molecule has 1 N–H and O–H groups in total. The number of piperazine rings is 1. The predicted octanol–water partition coefficient (Wildman–Crippen LogP) is 2.41. The van der Waals surface area contributed by atoms with Gasteiger partial charge in [-0.3, -0.25) is 9.80 Å². The third-order valence-electron chi connectivity index (χ3n) is 5.13. The van der Waals surface area contributed by atoms with Gasteiger partial charge >= 0.3 is 0 Å². The van der Waals surface area contributed by atoms with Crippen molar-refractivity contribution in [1.82, 2.24) is 19.6 Å². The van der Waals surface area contributed by atoms with Crippen molar-refractivity contribution in [2.75, 3.05) is 39.9 Å². The highest BCUT2D eigenvalue weighted by Crippen LogP contribution is 2.22. The first-order chi connectivity index (χ1) is 13.1. The number of nitrogens with zero attached hydrogens (tertiary/aromatic N) is 4. The quantitative estimate of drug-likeness (QED) is 0.771. The van der Waals surface area contributed by atoms with Crippen LogP contribution in [0.15, 0.2) is 36.7 Å². The van der Waals surface area contributed by atoms with Gasteiger partial charge in [0.1, 0.15) is 11.4 Å². The van der Waals surface area contributed by atoms with Crippen LogP contribution >= 0.6 is 0 Å². The van der Waals surface area contributed by atoms with Crippen molar-refractivity contribution in [2.24, 2.45) is 5.92 Å². The van der Waals surface area contributed by atoms with Crippen molar-refractivity contribution in [3.05, 3.63) is 42.2 Å². The number of hydrogen-bond donors (Lipinski definition) is 1. The van der Waals surface area contributed by atoms with E-state index in [0.29, 0.717) is 12.0 Å². The van der Waals surface area contributed by atoms with E-state index in [1.54, 1.807) is 7.11 Å². The molecule has 148 valence electrons. The summed E-state index contributed by atoms with van der Waals surface area (Å²) in [5, 5.41) is 14.0. The summed E-state index contributed by atoms with van der Waals surface area (Å²) in [5.41, 5.74) is 2.15. The number of ether oxygens (including phenoxy) is 1. The number of aliphatic hydroxyl groups is 1. The smallest absolute Gasteiger partial charge is 0.144 e. The second-order valence-electron chi connectivity index (χ2n) is 7.76. The van der Waals surface area contributed by atoms with Gasteiger partial charge in [-0.1, -0.05) is 26.0 Å². The fourth-order valence-corrected chi connectivity index (χ4v) is 3.88.